The van der Waals surface area contributed by atoms with Crippen LogP contribution in [0.5, 0.6) is 0 Å². The summed E-state index contributed by atoms with van der Waals surface area (Å²) < 4.78 is 13.2. The van der Waals surface area contributed by atoms with E-state index < -0.39 is 0 Å². The second-order valence-electron chi connectivity index (χ2n) is 5.83. The van der Waals surface area contributed by atoms with Crippen LogP contribution in [0.1, 0.15) is 0 Å². The summed E-state index contributed by atoms with van der Waals surface area (Å²) in [6, 6.07) is 31.7. The maximum absolute atomic E-state index is 13.2. The van der Waals surface area contributed by atoms with Gasteiger partial charge in [-0.25, -0.2) is 0 Å². The Labute approximate surface area is 171 Å². The van der Waals surface area contributed by atoms with E-state index in [4.69, 9.17) is 0 Å². The molecular formula is C23H16FIrN2-. The van der Waals surface area contributed by atoms with Gasteiger partial charge in [0.05, 0.1) is 0 Å². The molecule has 4 rings (SSSR count). The van der Waals surface area contributed by atoms with Gasteiger partial charge in [0.1, 0.15) is 0 Å². The van der Waals surface area contributed by atoms with E-state index in [0.717, 1.165) is 28.3 Å². The molecule has 3 aromatic carbocycles. The quantitative estimate of drug-likeness (QED) is 0.294. The molecule has 0 atom stereocenters. The van der Waals surface area contributed by atoms with Crippen LogP contribution in [0.25, 0.3) is 11.3 Å². The van der Waals surface area contributed by atoms with Gasteiger partial charge in [-0.3, -0.25) is 4.39 Å². The molecule has 0 fully saturated rings. The van der Waals surface area contributed by atoms with Gasteiger partial charge in [0, 0.05) is 49.2 Å². The molecule has 0 amide bonds. The molecule has 0 aliphatic heterocycles. The van der Waals surface area contributed by atoms with E-state index in [1.807, 2.05) is 48.5 Å². The zero-order valence-electron chi connectivity index (χ0n) is 14.3. The normalized spacial score (nSPS) is 10.1. The largest absolute Gasteiger partial charge is 0.311 e. The van der Waals surface area contributed by atoms with Gasteiger partial charge >= 0.3 is 0 Å². The minimum absolute atomic E-state index is 0. The molecule has 1 heterocycles. The third kappa shape index (κ3) is 4.30. The van der Waals surface area contributed by atoms with Crippen LogP contribution in [0.15, 0.2) is 97.2 Å². The first-order valence-corrected chi connectivity index (χ1v) is 8.35. The number of rotatable bonds is 4. The summed E-state index contributed by atoms with van der Waals surface area (Å²) in [4.78, 5) is 6.59. The van der Waals surface area contributed by atoms with E-state index in [9.17, 15) is 4.39 Å². The average molecular weight is 532 g/mol. The Bertz CT molecular complexity index is 950. The predicted molar refractivity (Wildman–Crippen MR) is 103 cm³/mol. The van der Waals surface area contributed by atoms with Gasteiger partial charge in [0.25, 0.3) is 0 Å². The number of nitrogens with zero attached hydrogens (tertiary/aromatic N) is 2. The second-order valence-corrected chi connectivity index (χ2v) is 5.83. The van der Waals surface area contributed by atoms with Crippen molar-refractivity contribution in [1.82, 2.24) is 4.98 Å². The van der Waals surface area contributed by atoms with Crippen LogP contribution in [0.2, 0.25) is 0 Å². The number of hydrogen-bond donors (Lipinski definition) is 0. The van der Waals surface area contributed by atoms with Crippen molar-refractivity contribution in [3.8, 4) is 11.3 Å². The van der Waals surface area contributed by atoms with Crippen molar-refractivity contribution in [3.05, 3.63) is 109 Å². The van der Waals surface area contributed by atoms with Crippen LogP contribution in [0.4, 0.5) is 21.5 Å². The molecule has 0 bridgehead atoms. The predicted octanol–water partition coefficient (Wildman–Crippen LogP) is 6.16. The van der Waals surface area contributed by atoms with Crippen molar-refractivity contribution in [2.24, 2.45) is 0 Å². The molecule has 1 aromatic heterocycles. The molecule has 135 valence electrons. The number of hydrogen-bond acceptors (Lipinski definition) is 2. The third-order valence-corrected chi connectivity index (χ3v) is 4.08. The fourth-order valence-electron chi connectivity index (χ4n) is 2.87. The van der Waals surface area contributed by atoms with Crippen molar-refractivity contribution >= 4 is 17.1 Å². The number of halogens is 1. The van der Waals surface area contributed by atoms with Gasteiger partial charge in [0.2, 0.25) is 0 Å². The minimum atomic E-state index is -0.305. The van der Waals surface area contributed by atoms with Crippen molar-refractivity contribution in [2.45, 2.75) is 0 Å². The number of aromatic nitrogens is 1. The smallest absolute Gasteiger partial charge is 0.0461 e. The van der Waals surface area contributed by atoms with Crippen LogP contribution in [-0.2, 0) is 20.1 Å². The molecule has 27 heavy (non-hydrogen) atoms. The topological polar surface area (TPSA) is 16.1 Å². The Kier molecular flexibility index (Phi) is 6.12. The number of pyridine rings is 1. The van der Waals surface area contributed by atoms with Gasteiger partial charge in [-0.1, -0.05) is 42.5 Å². The Morgan fingerprint density at radius 2 is 1.37 bits per heavy atom. The van der Waals surface area contributed by atoms with Gasteiger partial charge < -0.3 is 9.88 Å². The first-order valence-electron chi connectivity index (χ1n) is 8.35. The van der Waals surface area contributed by atoms with Crippen LogP contribution in [0, 0.1) is 11.9 Å². The van der Waals surface area contributed by atoms with Crippen LogP contribution in [-0.4, -0.2) is 4.98 Å². The summed E-state index contributed by atoms with van der Waals surface area (Å²) in [5, 5.41) is 0. The standard InChI is InChI=1S/C23H16FN2.Ir/c24-19-13-11-18(12-14-19)23-17-22(15-16-25-23)26(20-7-3-1-4-8-20)21-9-5-2-6-10-21;/h1-11,13-17H;/q-1;. The van der Waals surface area contributed by atoms with Crippen molar-refractivity contribution in [3.63, 3.8) is 0 Å². The number of anilines is 3. The maximum atomic E-state index is 13.2. The fraction of sp³-hybridized carbons (Fsp3) is 0. The Morgan fingerprint density at radius 1 is 0.741 bits per heavy atom. The number of benzene rings is 3. The molecule has 0 N–H and O–H groups in total. The molecule has 4 aromatic rings. The summed E-state index contributed by atoms with van der Waals surface area (Å²) in [6.07, 6.45) is 1.76. The van der Waals surface area contributed by atoms with Gasteiger partial charge in [-0.15, -0.1) is 29.8 Å². The van der Waals surface area contributed by atoms with Crippen LogP contribution < -0.4 is 4.90 Å². The van der Waals surface area contributed by atoms with Crippen LogP contribution >= 0.6 is 0 Å². The summed E-state index contributed by atoms with van der Waals surface area (Å²) in [7, 11) is 0. The SMILES string of the molecule is Fc1c[c-]c(-c2cc(N(c3ccccc3)c3ccccc3)ccn2)cc1.[Ir]. The minimum Gasteiger partial charge on any atom is -0.311 e. The summed E-state index contributed by atoms with van der Waals surface area (Å²) >= 11 is 0. The first kappa shape index (κ1) is 19.0. The third-order valence-electron chi connectivity index (χ3n) is 4.08. The van der Waals surface area contributed by atoms with E-state index in [1.54, 1.807) is 12.3 Å². The molecule has 4 heteroatoms. The zero-order valence-corrected chi connectivity index (χ0v) is 16.7. The van der Waals surface area contributed by atoms with Crippen LogP contribution in [0.3, 0.4) is 0 Å². The van der Waals surface area contributed by atoms with E-state index in [1.165, 1.54) is 12.1 Å². The van der Waals surface area contributed by atoms with Crippen molar-refractivity contribution in [1.29, 1.82) is 0 Å². The molecule has 0 saturated heterocycles. The molecule has 0 aliphatic rings. The van der Waals surface area contributed by atoms with Gasteiger partial charge in [-0.05, 0) is 36.0 Å². The Balaban J connectivity index is 0.00000210. The molecule has 2 nitrogen and oxygen atoms in total. The number of para-hydroxylation sites is 2. The Morgan fingerprint density at radius 3 is 1.93 bits per heavy atom. The van der Waals surface area contributed by atoms with Gasteiger partial charge in [0.15, 0.2) is 0 Å². The van der Waals surface area contributed by atoms with E-state index in [2.05, 4.69) is 40.2 Å². The summed E-state index contributed by atoms with van der Waals surface area (Å²) in [6.45, 7) is 0. The molecule has 0 saturated carbocycles. The molecule has 1 radical (unpaired) electrons. The summed E-state index contributed by atoms with van der Waals surface area (Å²) in [5.74, 6) is -0.305. The van der Waals surface area contributed by atoms with E-state index in [0.29, 0.717) is 0 Å². The van der Waals surface area contributed by atoms with E-state index >= 15 is 0 Å². The molecule has 0 unspecified atom stereocenters. The molecular weight excluding hydrogens is 515 g/mol. The van der Waals surface area contributed by atoms with Gasteiger partial charge in [-0.2, -0.15) is 0 Å². The monoisotopic (exact) mass is 532 g/mol. The van der Waals surface area contributed by atoms with Crippen molar-refractivity contribution < 1.29 is 24.5 Å². The Hall–Kier alpha value is -2.81. The second kappa shape index (κ2) is 8.72. The zero-order chi connectivity index (χ0) is 17.8. The fourth-order valence-corrected chi connectivity index (χ4v) is 2.87. The van der Waals surface area contributed by atoms with Crippen molar-refractivity contribution in [2.75, 3.05) is 4.90 Å². The molecule has 0 aliphatic carbocycles. The summed E-state index contributed by atoms with van der Waals surface area (Å²) in [5.41, 5.74) is 4.59. The molecule has 0 spiro atoms. The van der Waals surface area contributed by atoms with E-state index in [-0.39, 0.29) is 25.9 Å². The first-order chi connectivity index (χ1) is 12.8. The maximum Gasteiger partial charge on any atom is 0.0461 e. The average Bonchev–Trinajstić information content (AvgIpc) is 2.71.